The van der Waals surface area contributed by atoms with E-state index in [9.17, 15) is 5.11 Å². The number of rotatable bonds is 5. The van der Waals surface area contributed by atoms with Gasteiger partial charge in [0.15, 0.2) is 0 Å². The van der Waals surface area contributed by atoms with E-state index in [4.69, 9.17) is 4.74 Å². The molecule has 0 saturated carbocycles. The predicted octanol–water partition coefficient (Wildman–Crippen LogP) is 1.82. The number of aliphatic hydroxyl groups is 1. The molecule has 5 nitrogen and oxygen atoms in total. The fraction of sp³-hybridized carbons (Fsp3) is 0.722. The molecule has 0 aromatic carbocycles. The number of hydrogen-bond acceptors (Lipinski definition) is 5. The van der Waals surface area contributed by atoms with Gasteiger partial charge in [0.1, 0.15) is 0 Å². The molecule has 1 aromatic heterocycles. The van der Waals surface area contributed by atoms with Gasteiger partial charge in [-0.05, 0) is 44.4 Å². The van der Waals surface area contributed by atoms with Crippen molar-refractivity contribution in [3.63, 3.8) is 0 Å². The lowest BCUT2D eigenvalue weighted by Gasteiger charge is -2.39. The summed E-state index contributed by atoms with van der Waals surface area (Å²) < 4.78 is 5.37. The van der Waals surface area contributed by atoms with Crippen LogP contribution in [0.4, 0.5) is 5.69 Å². The van der Waals surface area contributed by atoms with E-state index in [1.165, 1.54) is 18.5 Å². The van der Waals surface area contributed by atoms with Crippen LogP contribution in [0.5, 0.6) is 0 Å². The van der Waals surface area contributed by atoms with E-state index in [2.05, 4.69) is 34.3 Å². The molecule has 0 amide bonds. The summed E-state index contributed by atoms with van der Waals surface area (Å²) in [5.41, 5.74) is 0.673. The topological polar surface area (TPSA) is 57.6 Å². The number of aromatic nitrogens is 1. The van der Waals surface area contributed by atoms with Gasteiger partial charge in [0.25, 0.3) is 0 Å². The second-order valence-corrected chi connectivity index (χ2v) is 6.98. The van der Waals surface area contributed by atoms with Gasteiger partial charge in [-0.25, -0.2) is 0 Å². The Morgan fingerprint density at radius 3 is 2.61 bits per heavy atom. The van der Waals surface area contributed by atoms with E-state index in [-0.39, 0.29) is 6.04 Å². The van der Waals surface area contributed by atoms with Gasteiger partial charge < -0.3 is 20.1 Å². The molecule has 0 radical (unpaired) electrons. The maximum atomic E-state index is 10.7. The maximum absolute atomic E-state index is 10.7. The van der Waals surface area contributed by atoms with E-state index < -0.39 is 5.60 Å². The molecule has 1 aromatic rings. The third-order valence-electron chi connectivity index (χ3n) is 5.52. The normalized spacial score (nSPS) is 23.7. The fourth-order valence-corrected chi connectivity index (χ4v) is 3.64. The first-order chi connectivity index (χ1) is 11.2. The van der Waals surface area contributed by atoms with Crippen LogP contribution in [-0.4, -0.2) is 54.6 Å². The molecule has 2 N–H and O–H groups in total. The standard InChI is InChI=1S/C18H29N3O2/c1-15(18(22)6-12-23-13-7-18)20-14-16-4-10-21(11-5-16)17-2-8-19-9-3-17/h2-3,8-9,15-16,20,22H,4-7,10-14H2,1H3. The molecule has 2 aliphatic heterocycles. The Bertz CT molecular complexity index is 468. The van der Waals surface area contributed by atoms with E-state index in [0.717, 1.165) is 32.5 Å². The van der Waals surface area contributed by atoms with E-state index in [1.54, 1.807) is 0 Å². The van der Waals surface area contributed by atoms with Crippen LogP contribution in [0.2, 0.25) is 0 Å². The van der Waals surface area contributed by atoms with Gasteiger partial charge in [-0.1, -0.05) is 0 Å². The number of nitrogens with one attached hydrogen (secondary N) is 1. The van der Waals surface area contributed by atoms with Crippen LogP contribution in [0.25, 0.3) is 0 Å². The Kier molecular flexibility index (Phi) is 5.51. The molecule has 23 heavy (non-hydrogen) atoms. The highest BCUT2D eigenvalue weighted by atomic mass is 16.5. The fourth-order valence-electron chi connectivity index (χ4n) is 3.64. The average Bonchev–Trinajstić information content (AvgIpc) is 2.61. The van der Waals surface area contributed by atoms with Crippen LogP contribution in [0, 0.1) is 5.92 Å². The SMILES string of the molecule is CC(NCC1CCN(c2ccncc2)CC1)C1(O)CCOCC1. The molecule has 1 unspecified atom stereocenters. The summed E-state index contributed by atoms with van der Waals surface area (Å²) in [4.78, 5) is 6.52. The van der Waals surface area contributed by atoms with Crippen molar-refractivity contribution in [3.05, 3.63) is 24.5 Å². The second kappa shape index (κ2) is 7.60. The van der Waals surface area contributed by atoms with Gasteiger partial charge in [0.05, 0.1) is 5.60 Å². The zero-order valence-electron chi connectivity index (χ0n) is 14.1. The van der Waals surface area contributed by atoms with Crippen molar-refractivity contribution in [2.45, 2.75) is 44.2 Å². The number of nitrogens with zero attached hydrogens (tertiary/aromatic N) is 2. The van der Waals surface area contributed by atoms with Crippen molar-refractivity contribution >= 4 is 5.69 Å². The molecular formula is C18H29N3O2. The first-order valence-electron chi connectivity index (χ1n) is 8.86. The number of hydrogen-bond donors (Lipinski definition) is 2. The van der Waals surface area contributed by atoms with E-state index in [0.29, 0.717) is 19.1 Å². The van der Waals surface area contributed by atoms with Crippen LogP contribution in [0.3, 0.4) is 0 Å². The summed E-state index contributed by atoms with van der Waals surface area (Å²) in [6, 6.07) is 4.30. The lowest BCUT2D eigenvalue weighted by atomic mass is 9.86. The maximum Gasteiger partial charge on any atom is 0.0841 e. The van der Waals surface area contributed by atoms with Crippen molar-refractivity contribution in [1.82, 2.24) is 10.3 Å². The summed E-state index contributed by atoms with van der Waals surface area (Å²) in [5, 5.41) is 14.3. The van der Waals surface area contributed by atoms with Crippen molar-refractivity contribution in [1.29, 1.82) is 0 Å². The monoisotopic (exact) mass is 319 g/mol. The molecular weight excluding hydrogens is 290 g/mol. The Morgan fingerprint density at radius 1 is 1.30 bits per heavy atom. The Balaban J connectivity index is 1.42. The largest absolute Gasteiger partial charge is 0.388 e. The molecule has 128 valence electrons. The minimum Gasteiger partial charge on any atom is -0.388 e. The molecule has 3 rings (SSSR count). The number of ether oxygens (including phenoxy) is 1. The second-order valence-electron chi connectivity index (χ2n) is 6.98. The summed E-state index contributed by atoms with van der Waals surface area (Å²) in [5.74, 6) is 0.693. The van der Waals surface area contributed by atoms with Gasteiger partial charge in [0.2, 0.25) is 0 Å². The number of piperidine rings is 1. The van der Waals surface area contributed by atoms with Gasteiger partial charge in [0, 0.05) is 63.3 Å². The minimum atomic E-state index is -0.601. The number of anilines is 1. The molecule has 2 fully saturated rings. The third kappa shape index (κ3) is 4.22. The van der Waals surface area contributed by atoms with Crippen LogP contribution in [0.1, 0.15) is 32.6 Å². The first-order valence-corrected chi connectivity index (χ1v) is 8.86. The predicted molar refractivity (Wildman–Crippen MR) is 91.6 cm³/mol. The Hall–Kier alpha value is -1.17. The molecule has 0 aliphatic carbocycles. The Morgan fingerprint density at radius 2 is 1.96 bits per heavy atom. The third-order valence-corrected chi connectivity index (χ3v) is 5.52. The van der Waals surface area contributed by atoms with E-state index >= 15 is 0 Å². The molecule has 2 aliphatic rings. The summed E-state index contributed by atoms with van der Waals surface area (Å²) in [6.07, 6.45) is 7.59. The molecule has 1 atom stereocenters. The zero-order chi connectivity index (χ0) is 16.1. The zero-order valence-corrected chi connectivity index (χ0v) is 14.1. The van der Waals surface area contributed by atoms with Crippen LogP contribution in [0.15, 0.2) is 24.5 Å². The van der Waals surface area contributed by atoms with Crippen molar-refractivity contribution in [2.75, 3.05) is 37.7 Å². The average molecular weight is 319 g/mol. The van der Waals surface area contributed by atoms with Gasteiger partial charge >= 0.3 is 0 Å². The van der Waals surface area contributed by atoms with Crippen LogP contribution < -0.4 is 10.2 Å². The molecule has 5 heteroatoms. The Labute approximate surface area is 139 Å². The molecule has 2 saturated heterocycles. The highest BCUT2D eigenvalue weighted by Gasteiger charge is 2.35. The number of pyridine rings is 1. The lowest BCUT2D eigenvalue weighted by molar-refractivity contribution is -0.0821. The van der Waals surface area contributed by atoms with Crippen LogP contribution >= 0.6 is 0 Å². The molecule has 3 heterocycles. The molecule has 0 bridgehead atoms. The van der Waals surface area contributed by atoms with E-state index in [1.807, 2.05) is 12.4 Å². The lowest BCUT2D eigenvalue weighted by Crippen LogP contribution is -2.53. The molecule has 0 spiro atoms. The van der Waals surface area contributed by atoms with Crippen molar-refractivity contribution in [3.8, 4) is 0 Å². The van der Waals surface area contributed by atoms with Crippen LogP contribution in [-0.2, 0) is 4.74 Å². The van der Waals surface area contributed by atoms with Crippen molar-refractivity contribution < 1.29 is 9.84 Å². The van der Waals surface area contributed by atoms with Gasteiger partial charge in [-0.3, -0.25) is 4.98 Å². The first kappa shape index (κ1) is 16.7. The van der Waals surface area contributed by atoms with Crippen molar-refractivity contribution in [2.24, 2.45) is 5.92 Å². The van der Waals surface area contributed by atoms with Gasteiger partial charge in [-0.15, -0.1) is 0 Å². The quantitative estimate of drug-likeness (QED) is 0.867. The van der Waals surface area contributed by atoms with Gasteiger partial charge in [-0.2, -0.15) is 0 Å². The summed E-state index contributed by atoms with van der Waals surface area (Å²) >= 11 is 0. The smallest absolute Gasteiger partial charge is 0.0841 e. The highest BCUT2D eigenvalue weighted by molar-refractivity contribution is 5.44. The summed E-state index contributed by atoms with van der Waals surface area (Å²) in [7, 11) is 0. The highest BCUT2D eigenvalue weighted by Crippen LogP contribution is 2.26. The minimum absolute atomic E-state index is 0.129. The summed E-state index contributed by atoms with van der Waals surface area (Å²) in [6.45, 7) is 6.65.